The van der Waals surface area contributed by atoms with Crippen molar-refractivity contribution >= 4 is 32.3 Å². The summed E-state index contributed by atoms with van der Waals surface area (Å²) in [6.45, 7) is 6.80. The first kappa shape index (κ1) is 27.9. The van der Waals surface area contributed by atoms with Gasteiger partial charge in [0.05, 0.1) is 11.4 Å². The molecule has 2 heteroatoms. The topological polar surface area (TPSA) is 25.8 Å². The third-order valence-electron chi connectivity index (χ3n) is 9.12. The maximum absolute atomic E-state index is 4.70. The fourth-order valence-corrected chi connectivity index (χ4v) is 6.73. The van der Waals surface area contributed by atoms with Crippen LogP contribution in [0.15, 0.2) is 152 Å². The minimum Gasteiger partial charge on any atom is -0.256 e. The molecule has 2 heterocycles. The minimum atomic E-state index is 0.115. The molecule has 8 rings (SSSR count). The Balaban J connectivity index is 1.26. The highest BCUT2D eigenvalue weighted by molar-refractivity contribution is 6.21. The van der Waals surface area contributed by atoms with Crippen LogP contribution in [-0.4, -0.2) is 9.97 Å². The molecule has 0 N–H and O–H groups in total. The van der Waals surface area contributed by atoms with Crippen LogP contribution in [0.2, 0.25) is 0 Å². The molecule has 0 saturated heterocycles. The van der Waals surface area contributed by atoms with E-state index in [-0.39, 0.29) is 5.41 Å². The maximum Gasteiger partial charge on any atom is 0.0708 e. The van der Waals surface area contributed by atoms with Crippen molar-refractivity contribution in [2.24, 2.45) is 0 Å². The van der Waals surface area contributed by atoms with E-state index in [0.29, 0.717) is 0 Å². The van der Waals surface area contributed by atoms with Gasteiger partial charge in [-0.3, -0.25) is 9.97 Å². The molecular formula is C44H34N2. The van der Waals surface area contributed by atoms with Crippen LogP contribution in [0.4, 0.5) is 0 Å². The number of hydrogen-bond acceptors (Lipinski definition) is 2. The maximum atomic E-state index is 4.70. The lowest BCUT2D eigenvalue weighted by molar-refractivity contribution is 0.590. The molecular weight excluding hydrogens is 556 g/mol. The van der Waals surface area contributed by atoms with Crippen molar-refractivity contribution in [3.63, 3.8) is 0 Å². The molecule has 2 aromatic heterocycles. The van der Waals surface area contributed by atoms with E-state index >= 15 is 0 Å². The number of aromatic nitrogens is 2. The SMILES string of the molecule is CC(C)(C)c1ccc(-c2c3ccccc3c(-c3ccc4cc(-c5cc(-c6ccccn6)ccn5)ccc4c3)c3ccccc23)cc1. The Bertz CT molecular complexity index is 2320. The number of fused-ring (bicyclic) bond motifs is 3. The molecule has 0 bridgehead atoms. The molecule has 8 aromatic rings. The van der Waals surface area contributed by atoms with E-state index < -0.39 is 0 Å². The number of nitrogens with zero attached hydrogens (tertiary/aromatic N) is 2. The van der Waals surface area contributed by atoms with Gasteiger partial charge in [0.1, 0.15) is 0 Å². The Morgan fingerprint density at radius 2 is 0.891 bits per heavy atom. The van der Waals surface area contributed by atoms with Crippen molar-refractivity contribution in [1.29, 1.82) is 0 Å². The Morgan fingerprint density at radius 3 is 1.48 bits per heavy atom. The van der Waals surface area contributed by atoms with Gasteiger partial charge in [0, 0.05) is 23.5 Å². The molecule has 6 aromatic carbocycles. The number of hydrogen-bond donors (Lipinski definition) is 0. The van der Waals surface area contributed by atoms with Gasteiger partial charge < -0.3 is 0 Å². The first-order valence-corrected chi connectivity index (χ1v) is 15.9. The van der Waals surface area contributed by atoms with Crippen LogP contribution < -0.4 is 0 Å². The van der Waals surface area contributed by atoms with E-state index in [4.69, 9.17) is 4.98 Å². The minimum absolute atomic E-state index is 0.115. The van der Waals surface area contributed by atoms with Crippen LogP contribution >= 0.6 is 0 Å². The zero-order valence-electron chi connectivity index (χ0n) is 26.3. The van der Waals surface area contributed by atoms with E-state index in [1.54, 1.807) is 0 Å². The van der Waals surface area contributed by atoms with Crippen LogP contribution in [0.25, 0.3) is 77.1 Å². The smallest absolute Gasteiger partial charge is 0.0708 e. The molecule has 0 saturated carbocycles. The summed E-state index contributed by atoms with van der Waals surface area (Å²) in [6, 6.07) is 50.5. The Morgan fingerprint density at radius 1 is 0.391 bits per heavy atom. The zero-order chi connectivity index (χ0) is 31.3. The molecule has 0 radical (unpaired) electrons. The average molecular weight is 591 g/mol. The third-order valence-corrected chi connectivity index (χ3v) is 9.12. The highest BCUT2D eigenvalue weighted by atomic mass is 14.7. The van der Waals surface area contributed by atoms with Gasteiger partial charge in [-0.25, -0.2) is 0 Å². The largest absolute Gasteiger partial charge is 0.256 e. The predicted molar refractivity (Wildman–Crippen MR) is 195 cm³/mol. The van der Waals surface area contributed by atoms with Crippen molar-refractivity contribution in [3.8, 4) is 44.8 Å². The van der Waals surface area contributed by atoms with E-state index in [9.17, 15) is 0 Å². The predicted octanol–water partition coefficient (Wildman–Crippen LogP) is 11.9. The van der Waals surface area contributed by atoms with Gasteiger partial charge in [-0.1, -0.05) is 124 Å². The summed E-state index contributed by atoms with van der Waals surface area (Å²) < 4.78 is 0. The lowest BCUT2D eigenvalue weighted by atomic mass is 9.83. The summed E-state index contributed by atoms with van der Waals surface area (Å²) in [7, 11) is 0. The third kappa shape index (κ3) is 4.93. The van der Waals surface area contributed by atoms with Crippen molar-refractivity contribution in [1.82, 2.24) is 9.97 Å². The molecule has 0 amide bonds. The van der Waals surface area contributed by atoms with Gasteiger partial charge in [0.15, 0.2) is 0 Å². The zero-order valence-corrected chi connectivity index (χ0v) is 26.3. The molecule has 0 aliphatic heterocycles. The van der Waals surface area contributed by atoms with Gasteiger partial charge in [-0.15, -0.1) is 0 Å². The summed E-state index contributed by atoms with van der Waals surface area (Å²) in [6.07, 6.45) is 3.69. The van der Waals surface area contributed by atoms with Gasteiger partial charge in [0.25, 0.3) is 0 Å². The van der Waals surface area contributed by atoms with E-state index in [1.807, 2.05) is 36.7 Å². The molecule has 2 nitrogen and oxygen atoms in total. The summed E-state index contributed by atoms with van der Waals surface area (Å²) in [5.74, 6) is 0. The first-order valence-electron chi connectivity index (χ1n) is 15.9. The van der Waals surface area contributed by atoms with Crippen LogP contribution in [0.1, 0.15) is 26.3 Å². The second-order valence-corrected chi connectivity index (χ2v) is 13.1. The molecule has 0 atom stereocenters. The fraction of sp³-hybridized carbons (Fsp3) is 0.0909. The van der Waals surface area contributed by atoms with Gasteiger partial charge >= 0.3 is 0 Å². The molecule has 220 valence electrons. The van der Waals surface area contributed by atoms with Crippen LogP contribution in [-0.2, 0) is 5.41 Å². The molecule has 46 heavy (non-hydrogen) atoms. The van der Waals surface area contributed by atoms with Gasteiger partial charge in [-0.2, -0.15) is 0 Å². The van der Waals surface area contributed by atoms with Crippen LogP contribution in [0, 0.1) is 0 Å². The normalized spacial score (nSPS) is 11.8. The van der Waals surface area contributed by atoms with Crippen LogP contribution in [0.5, 0.6) is 0 Å². The Labute approximate surface area is 270 Å². The summed E-state index contributed by atoms with van der Waals surface area (Å²) >= 11 is 0. The van der Waals surface area contributed by atoms with Gasteiger partial charge in [-0.05, 0) is 102 Å². The van der Waals surface area contributed by atoms with Crippen LogP contribution in [0.3, 0.4) is 0 Å². The summed E-state index contributed by atoms with van der Waals surface area (Å²) in [5, 5.41) is 7.47. The number of benzene rings is 6. The van der Waals surface area contributed by atoms with Crippen molar-refractivity contribution in [2.45, 2.75) is 26.2 Å². The quantitative estimate of drug-likeness (QED) is 0.191. The van der Waals surface area contributed by atoms with E-state index in [0.717, 1.165) is 22.5 Å². The lowest BCUT2D eigenvalue weighted by Crippen LogP contribution is -2.10. The highest BCUT2D eigenvalue weighted by Crippen LogP contribution is 2.44. The first-order chi connectivity index (χ1) is 22.4. The van der Waals surface area contributed by atoms with Crippen molar-refractivity contribution < 1.29 is 0 Å². The Hall–Kier alpha value is -5.60. The summed E-state index contributed by atoms with van der Waals surface area (Å²) in [4.78, 5) is 9.22. The molecule has 0 aliphatic rings. The van der Waals surface area contributed by atoms with Crippen molar-refractivity contribution in [2.75, 3.05) is 0 Å². The molecule has 0 fully saturated rings. The molecule has 0 unspecified atom stereocenters. The molecule has 0 spiro atoms. The Kier molecular flexibility index (Phi) is 6.73. The second kappa shape index (κ2) is 11.1. The second-order valence-electron chi connectivity index (χ2n) is 13.1. The lowest BCUT2D eigenvalue weighted by Gasteiger charge is -2.21. The monoisotopic (exact) mass is 590 g/mol. The summed E-state index contributed by atoms with van der Waals surface area (Å²) in [5.41, 5.74) is 10.5. The fourth-order valence-electron chi connectivity index (χ4n) is 6.73. The molecule has 0 aliphatic carbocycles. The highest BCUT2D eigenvalue weighted by Gasteiger charge is 2.18. The standard InChI is InChI=1S/C44H34N2/c1-44(2,3)35-21-19-29(20-22-35)42-36-10-4-6-12-38(36)43(39-13-7-5-11-37(39)42)34-18-16-30-26-32(17-15-31(30)27-34)41-28-33(23-25-46-41)40-14-8-9-24-45-40/h4-28H,1-3H3. The van der Waals surface area contributed by atoms with E-state index in [1.165, 1.54) is 60.1 Å². The number of rotatable bonds is 4. The van der Waals surface area contributed by atoms with Gasteiger partial charge in [0.2, 0.25) is 0 Å². The van der Waals surface area contributed by atoms with Crippen molar-refractivity contribution in [3.05, 3.63) is 157 Å². The number of pyridine rings is 2. The van der Waals surface area contributed by atoms with E-state index in [2.05, 4.69) is 141 Å². The average Bonchev–Trinajstić information content (AvgIpc) is 3.10.